The molecule has 3 heteroatoms. The van der Waals surface area contributed by atoms with E-state index in [1.54, 1.807) is 13.3 Å². The lowest BCUT2D eigenvalue weighted by molar-refractivity contribution is 0.215. The molecule has 3 rings (SSSR count). The predicted octanol–water partition coefficient (Wildman–Crippen LogP) is 3.63. The fraction of sp³-hybridized carbons (Fsp3) is 0.167. The highest BCUT2D eigenvalue weighted by atomic mass is 16.5. The molecule has 1 unspecified atom stereocenters. The van der Waals surface area contributed by atoms with Gasteiger partial charge in [-0.2, -0.15) is 0 Å². The van der Waals surface area contributed by atoms with Crippen molar-refractivity contribution in [3.63, 3.8) is 0 Å². The first-order valence-corrected chi connectivity index (χ1v) is 6.86. The monoisotopic (exact) mass is 279 g/mol. The molecular formula is C18H17NO2. The Hall–Kier alpha value is -2.39. The molecule has 106 valence electrons. The first kappa shape index (κ1) is 13.6. The molecule has 0 aliphatic carbocycles. The van der Waals surface area contributed by atoms with Crippen molar-refractivity contribution in [3.05, 3.63) is 71.4 Å². The highest BCUT2D eigenvalue weighted by Gasteiger charge is 2.16. The summed E-state index contributed by atoms with van der Waals surface area (Å²) in [5.41, 5.74) is 3.55. The Morgan fingerprint density at radius 2 is 1.95 bits per heavy atom. The van der Waals surface area contributed by atoms with Gasteiger partial charge in [-0.3, -0.25) is 4.98 Å². The Bertz CT molecular complexity index is 783. The van der Waals surface area contributed by atoms with Crippen LogP contribution in [0.4, 0.5) is 0 Å². The van der Waals surface area contributed by atoms with Crippen molar-refractivity contribution >= 4 is 10.9 Å². The second-order valence-corrected chi connectivity index (χ2v) is 5.10. The molecule has 0 saturated carbocycles. The summed E-state index contributed by atoms with van der Waals surface area (Å²) in [4.78, 5) is 4.33. The van der Waals surface area contributed by atoms with E-state index in [0.717, 1.165) is 27.6 Å². The van der Waals surface area contributed by atoms with Crippen LogP contribution in [0.15, 0.2) is 54.7 Å². The standard InChI is InChI=1S/C18H17NO2/c1-12-5-8-15(17(10-12)21-2)18(20)14-7-6-13-4-3-9-19-16(13)11-14/h3-11,18,20H,1-2H3. The maximum absolute atomic E-state index is 10.6. The number of aryl methyl sites for hydroxylation is 1. The molecule has 0 aliphatic rings. The van der Waals surface area contributed by atoms with Crippen molar-refractivity contribution in [2.75, 3.05) is 7.11 Å². The van der Waals surface area contributed by atoms with Crippen LogP contribution in [0.5, 0.6) is 5.75 Å². The van der Waals surface area contributed by atoms with E-state index >= 15 is 0 Å². The van der Waals surface area contributed by atoms with Gasteiger partial charge in [0.1, 0.15) is 11.9 Å². The average Bonchev–Trinajstić information content (AvgIpc) is 2.53. The molecule has 1 heterocycles. The Balaban J connectivity index is 2.05. The summed E-state index contributed by atoms with van der Waals surface area (Å²) in [7, 11) is 1.62. The number of hydrogen-bond donors (Lipinski definition) is 1. The Morgan fingerprint density at radius 1 is 1.10 bits per heavy atom. The average molecular weight is 279 g/mol. The summed E-state index contributed by atoms with van der Waals surface area (Å²) in [5, 5.41) is 11.7. The zero-order chi connectivity index (χ0) is 14.8. The molecule has 0 bridgehead atoms. The van der Waals surface area contributed by atoms with E-state index in [-0.39, 0.29) is 0 Å². The van der Waals surface area contributed by atoms with Gasteiger partial charge in [0.2, 0.25) is 0 Å². The third-order valence-electron chi connectivity index (χ3n) is 3.63. The van der Waals surface area contributed by atoms with Crippen LogP contribution in [0.25, 0.3) is 10.9 Å². The van der Waals surface area contributed by atoms with E-state index in [1.807, 2.05) is 55.5 Å². The minimum absolute atomic E-state index is 0.698. The Morgan fingerprint density at radius 3 is 2.76 bits per heavy atom. The fourth-order valence-corrected chi connectivity index (χ4v) is 2.48. The molecule has 0 amide bonds. The van der Waals surface area contributed by atoms with Gasteiger partial charge in [-0.1, -0.05) is 30.3 Å². The third kappa shape index (κ3) is 2.60. The zero-order valence-corrected chi connectivity index (χ0v) is 12.1. The number of rotatable bonds is 3. The number of aromatic nitrogens is 1. The third-order valence-corrected chi connectivity index (χ3v) is 3.63. The van der Waals surface area contributed by atoms with Gasteiger partial charge in [-0.05, 0) is 36.2 Å². The number of methoxy groups -OCH3 is 1. The van der Waals surface area contributed by atoms with Gasteiger partial charge >= 0.3 is 0 Å². The molecule has 0 fully saturated rings. The number of hydrogen-bond acceptors (Lipinski definition) is 3. The van der Waals surface area contributed by atoms with Crippen molar-refractivity contribution in [1.82, 2.24) is 4.98 Å². The van der Waals surface area contributed by atoms with Crippen molar-refractivity contribution < 1.29 is 9.84 Å². The molecule has 3 nitrogen and oxygen atoms in total. The minimum atomic E-state index is -0.730. The van der Waals surface area contributed by atoms with Gasteiger partial charge in [0, 0.05) is 17.1 Å². The number of fused-ring (bicyclic) bond motifs is 1. The van der Waals surface area contributed by atoms with Gasteiger partial charge < -0.3 is 9.84 Å². The molecule has 0 saturated heterocycles. The highest BCUT2D eigenvalue weighted by Crippen LogP contribution is 2.31. The summed E-state index contributed by atoms with van der Waals surface area (Å²) in [5.74, 6) is 0.698. The van der Waals surface area contributed by atoms with E-state index in [1.165, 1.54) is 0 Å². The maximum Gasteiger partial charge on any atom is 0.125 e. The Kier molecular flexibility index (Phi) is 3.59. The summed E-state index contributed by atoms with van der Waals surface area (Å²) in [6.07, 6.45) is 1.03. The first-order valence-electron chi connectivity index (χ1n) is 6.86. The van der Waals surface area contributed by atoms with E-state index in [2.05, 4.69) is 4.98 Å². The Labute approximate surface area is 123 Å². The molecule has 0 radical (unpaired) electrons. The molecule has 0 aliphatic heterocycles. The number of pyridine rings is 1. The maximum atomic E-state index is 10.6. The molecule has 1 aromatic heterocycles. The van der Waals surface area contributed by atoms with Crippen molar-refractivity contribution in [2.24, 2.45) is 0 Å². The van der Waals surface area contributed by atoms with Crippen LogP contribution in [0.3, 0.4) is 0 Å². The zero-order valence-electron chi connectivity index (χ0n) is 12.1. The van der Waals surface area contributed by atoms with Crippen LogP contribution in [0.2, 0.25) is 0 Å². The van der Waals surface area contributed by atoms with Gasteiger partial charge in [-0.15, -0.1) is 0 Å². The van der Waals surface area contributed by atoms with E-state index in [0.29, 0.717) is 5.75 Å². The van der Waals surface area contributed by atoms with Gasteiger partial charge in [0.05, 0.1) is 12.6 Å². The molecule has 21 heavy (non-hydrogen) atoms. The normalized spacial score (nSPS) is 12.3. The highest BCUT2D eigenvalue weighted by molar-refractivity contribution is 5.79. The largest absolute Gasteiger partial charge is 0.496 e. The lowest BCUT2D eigenvalue weighted by atomic mass is 9.98. The second-order valence-electron chi connectivity index (χ2n) is 5.10. The van der Waals surface area contributed by atoms with Crippen LogP contribution >= 0.6 is 0 Å². The van der Waals surface area contributed by atoms with E-state index in [9.17, 15) is 5.11 Å². The quantitative estimate of drug-likeness (QED) is 0.796. The number of nitrogens with zero attached hydrogens (tertiary/aromatic N) is 1. The summed E-state index contributed by atoms with van der Waals surface area (Å²) < 4.78 is 5.38. The number of aliphatic hydroxyl groups is 1. The number of benzene rings is 2. The lowest BCUT2D eigenvalue weighted by Gasteiger charge is -2.16. The summed E-state index contributed by atoms with van der Waals surface area (Å²) in [6, 6.07) is 15.5. The molecular weight excluding hydrogens is 262 g/mol. The second kappa shape index (κ2) is 5.54. The van der Waals surface area contributed by atoms with E-state index < -0.39 is 6.10 Å². The van der Waals surface area contributed by atoms with E-state index in [4.69, 9.17) is 4.74 Å². The topological polar surface area (TPSA) is 42.4 Å². The minimum Gasteiger partial charge on any atom is -0.496 e. The first-order chi connectivity index (χ1) is 10.2. The predicted molar refractivity (Wildman–Crippen MR) is 83.5 cm³/mol. The molecule has 1 atom stereocenters. The van der Waals surface area contributed by atoms with Gasteiger partial charge in [0.25, 0.3) is 0 Å². The van der Waals surface area contributed by atoms with Crippen molar-refractivity contribution in [1.29, 1.82) is 0 Å². The van der Waals surface area contributed by atoms with Crippen LogP contribution in [0, 0.1) is 6.92 Å². The van der Waals surface area contributed by atoms with Gasteiger partial charge in [-0.25, -0.2) is 0 Å². The fourth-order valence-electron chi connectivity index (χ4n) is 2.48. The van der Waals surface area contributed by atoms with Crippen LogP contribution < -0.4 is 4.74 Å². The smallest absolute Gasteiger partial charge is 0.125 e. The number of aliphatic hydroxyl groups excluding tert-OH is 1. The number of ether oxygens (including phenoxy) is 1. The van der Waals surface area contributed by atoms with Gasteiger partial charge in [0.15, 0.2) is 0 Å². The lowest BCUT2D eigenvalue weighted by Crippen LogP contribution is -2.03. The van der Waals surface area contributed by atoms with Crippen LogP contribution in [-0.2, 0) is 0 Å². The van der Waals surface area contributed by atoms with Crippen LogP contribution in [-0.4, -0.2) is 17.2 Å². The molecule has 1 N–H and O–H groups in total. The molecule has 3 aromatic rings. The van der Waals surface area contributed by atoms with Crippen LogP contribution in [0.1, 0.15) is 22.8 Å². The van der Waals surface area contributed by atoms with Crippen molar-refractivity contribution in [3.8, 4) is 5.75 Å². The summed E-state index contributed by atoms with van der Waals surface area (Å²) in [6.45, 7) is 2.00. The van der Waals surface area contributed by atoms with Crippen molar-refractivity contribution in [2.45, 2.75) is 13.0 Å². The SMILES string of the molecule is COc1cc(C)ccc1C(O)c1ccc2cccnc2c1. The molecule has 0 spiro atoms. The molecule has 2 aromatic carbocycles. The summed E-state index contributed by atoms with van der Waals surface area (Å²) >= 11 is 0.